The van der Waals surface area contributed by atoms with Gasteiger partial charge in [0.05, 0.1) is 0 Å². The molecule has 0 N–H and O–H groups in total. The minimum absolute atomic E-state index is 1.05. The van der Waals surface area contributed by atoms with Gasteiger partial charge < -0.3 is 0 Å². The quantitative estimate of drug-likeness (QED) is 0.446. The molecule has 0 atom stereocenters. The van der Waals surface area contributed by atoms with Gasteiger partial charge in [-0.2, -0.15) is 4.57 Å². The lowest BCUT2D eigenvalue weighted by atomic mass is 9.97. The summed E-state index contributed by atoms with van der Waals surface area (Å²) in [5.74, 6) is 0. The van der Waals surface area contributed by atoms with Crippen molar-refractivity contribution in [3.05, 3.63) is 71.3 Å². The first-order valence-electron chi connectivity index (χ1n) is 8.48. The van der Waals surface area contributed by atoms with E-state index in [1.54, 1.807) is 11.3 Å². The van der Waals surface area contributed by atoms with Crippen molar-refractivity contribution in [1.82, 2.24) is 4.98 Å². The highest BCUT2D eigenvalue weighted by molar-refractivity contribution is 7.20. The molecule has 2 nitrogen and oxygen atoms in total. The Labute approximate surface area is 152 Å². The number of rotatable bonds is 2. The van der Waals surface area contributed by atoms with Gasteiger partial charge in [-0.05, 0) is 55.4 Å². The molecule has 0 aliphatic heterocycles. The Bertz CT molecular complexity index is 1080. The number of aromatic nitrogens is 2. The van der Waals surface area contributed by atoms with Crippen molar-refractivity contribution in [3.8, 4) is 21.8 Å². The zero-order chi connectivity index (χ0) is 17.6. The maximum atomic E-state index is 4.83. The van der Waals surface area contributed by atoms with Crippen molar-refractivity contribution >= 4 is 21.7 Å². The predicted octanol–water partition coefficient (Wildman–Crippen LogP) is 5.38. The molecule has 3 heteroatoms. The van der Waals surface area contributed by atoms with Crippen LogP contribution in [0.15, 0.2) is 54.6 Å². The molecule has 0 aliphatic rings. The van der Waals surface area contributed by atoms with Crippen LogP contribution in [0.5, 0.6) is 0 Å². The molecular weight excluding hydrogens is 324 g/mol. The van der Waals surface area contributed by atoms with Crippen LogP contribution in [-0.2, 0) is 7.05 Å². The number of hydrogen-bond acceptors (Lipinski definition) is 2. The van der Waals surface area contributed by atoms with Gasteiger partial charge in [-0.25, -0.2) is 4.98 Å². The SMILES string of the molecule is Cc1cc(C)c(C)c(-c2ccc3nc(-c4ccccc4)sc3[n+]2C)c1. The van der Waals surface area contributed by atoms with Gasteiger partial charge in [-0.1, -0.05) is 42.0 Å². The van der Waals surface area contributed by atoms with Crippen LogP contribution >= 0.6 is 11.3 Å². The molecule has 2 aromatic heterocycles. The van der Waals surface area contributed by atoms with Gasteiger partial charge in [0, 0.05) is 17.2 Å². The molecule has 4 rings (SSSR count). The summed E-state index contributed by atoms with van der Waals surface area (Å²) in [4.78, 5) is 6.04. The molecule has 25 heavy (non-hydrogen) atoms. The Hall–Kier alpha value is -2.52. The molecule has 0 saturated heterocycles. The summed E-state index contributed by atoms with van der Waals surface area (Å²) in [6, 6.07) is 19.3. The lowest BCUT2D eigenvalue weighted by Crippen LogP contribution is -2.31. The van der Waals surface area contributed by atoms with Crippen molar-refractivity contribution in [3.63, 3.8) is 0 Å². The molecule has 2 heterocycles. The molecule has 4 aromatic rings. The Morgan fingerprint density at radius 2 is 1.68 bits per heavy atom. The smallest absolute Gasteiger partial charge is 0.229 e. The third-order valence-corrected chi connectivity index (χ3v) is 6.00. The number of thiazole rings is 1. The molecule has 0 unspecified atom stereocenters. The second-order valence-corrected chi connectivity index (χ2v) is 7.58. The van der Waals surface area contributed by atoms with Crippen molar-refractivity contribution < 1.29 is 4.57 Å². The highest BCUT2D eigenvalue weighted by Crippen LogP contribution is 2.31. The Morgan fingerprint density at radius 1 is 0.920 bits per heavy atom. The maximum absolute atomic E-state index is 4.83. The van der Waals surface area contributed by atoms with Crippen molar-refractivity contribution in [2.45, 2.75) is 20.8 Å². The van der Waals surface area contributed by atoms with Gasteiger partial charge in [-0.15, -0.1) is 0 Å². The van der Waals surface area contributed by atoms with Gasteiger partial charge in [0.25, 0.3) is 4.83 Å². The number of fused-ring (bicyclic) bond motifs is 1. The first kappa shape index (κ1) is 16.0. The molecule has 0 bridgehead atoms. The van der Waals surface area contributed by atoms with Crippen molar-refractivity contribution in [1.29, 1.82) is 0 Å². The summed E-state index contributed by atoms with van der Waals surface area (Å²) in [6.45, 7) is 6.55. The fourth-order valence-corrected chi connectivity index (χ4v) is 4.37. The van der Waals surface area contributed by atoms with Crippen molar-refractivity contribution in [2.24, 2.45) is 7.05 Å². The van der Waals surface area contributed by atoms with E-state index in [2.05, 4.69) is 80.9 Å². The van der Waals surface area contributed by atoms with E-state index in [0.29, 0.717) is 0 Å². The standard InChI is InChI=1S/C22H21N2S/c1-14-12-15(2)16(3)18(13-14)20-11-10-19-22(24(20)4)25-21(23-19)17-8-6-5-7-9-17/h5-13H,1-4H3/q+1. The topological polar surface area (TPSA) is 16.8 Å². The maximum Gasteiger partial charge on any atom is 0.289 e. The number of hydrogen-bond donors (Lipinski definition) is 0. The fourth-order valence-electron chi connectivity index (χ4n) is 3.33. The lowest BCUT2D eigenvalue weighted by Gasteiger charge is -2.09. The van der Waals surface area contributed by atoms with Gasteiger partial charge >= 0.3 is 0 Å². The van der Waals surface area contributed by atoms with Crippen LogP contribution in [0.3, 0.4) is 0 Å². The minimum Gasteiger partial charge on any atom is -0.229 e. The highest BCUT2D eigenvalue weighted by atomic mass is 32.1. The van der Waals surface area contributed by atoms with Crippen LogP contribution in [0.1, 0.15) is 16.7 Å². The van der Waals surface area contributed by atoms with Gasteiger partial charge in [-0.3, -0.25) is 0 Å². The summed E-state index contributed by atoms with van der Waals surface area (Å²) in [7, 11) is 2.14. The van der Waals surface area contributed by atoms with E-state index in [0.717, 1.165) is 10.5 Å². The molecular formula is C22H21N2S+. The zero-order valence-corrected chi connectivity index (χ0v) is 15.8. The van der Waals surface area contributed by atoms with E-state index in [9.17, 15) is 0 Å². The van der Waals surface area contributed by atoms with Gasteiger partial charge in [0.1, 0.15) is 17.6 Å². The van der Waals surface area contributed by atoms with Crippen LogP contribution in [0, 0.1) is 20.8 Å². The summed E-state index contributed by atoms with van der Waals surface area (Å²) in [5.41, 5.74) is 8.74. The largest absolute Gasteiger partial charge is 0.289 e. The van der Waals surface area contributed by atoms with E-state index >= 15 is 0 Å². The molecule has 0 saturated carbocycles. The van der Waals surface area contributed by atoms with Crippen LogP contribution < -0.4 is 4.57 Å². The summed E-state index contributed by atoms with van der Waals surface area (Å²) in [5, 5.41) is 1.07. The first-order valence-corrected chi connectivity index (χ1v) is 9.29. The average molecular weight is 345 g/mol. The first-order chi connectivity index (χ1) is 12.0. The summed E-state index contributed by atoms with van der Waals surface area (Å²) in [6.07, 6.45) is 0. The van der Waals surface area contributed by atoms with E-state index in [1.165, 1.54) is 38.3 Å². The Morgan fingerprint density at radius 3 is 2.44 bits per heavy atom. The van der Waals surface area contributed by atoms with Crippen LogP contribution in [0.25, 0.3) is 32.2 Å². The Balaban J connectivity index is 1.92. The molecule has 124 valence electrons. The monoisotopic (exact) mass is 345 g/mol. The zero-order valence-electron chi connectivity index (χ0n) is 15.0. The van der Waals surface area contributed by atoms with Crippen LogP contribution in [-0.4, -0.2) is 4.98 Å². The second kappa shape index (κ2) is 6.08. The van der Waals surface area contributed by atoms with Gasteiger partial charge in [0.15, 0.2) is 0 Å². The Kier molecular flexibility index (Phi) is 3.89. The number of benzene rings is 2. The predicted molar refractivity (Wildman–Crippen MR) is 106 cm³/mol. The summed E-state index contributed by atoms with van der Waals surface area (Å²) < 4.78 is 2.28. The van der Waals surface area contributed by atoms with Crippen LogP contribution in [0.2, 0.25) is 0 Å². The van der Waals surface area contributed by atoms with E-state index < -0.39 is 0 Å². The molecule has 0 amide bonds. The van der Waals surface area contributed by atoms with E-state index in [-0.39, 0.29) is 0 Å². The van der Waals surface area contributed by atoms with E-state index in [1.807, 2.05) is 6.07 Å². The third-order valence-electron chi connectivity index (χ3n) is 4.81. The number of pyridine rings is 1. The number of nitrogens with zero attached hydrogens (tertiary/aromatic N) is 2. The third kappa shape index (κ3) is 2.75. The van der Waals surface area contributed by atoms with Crippen molar-refractivity contribution in [2.75, 3.05) is 0 Å². The lowest BCUT2D eigenvalue weighted by molar-refractivity contribution is -0.631. The molecule has 0 aliphatic carbocycles. The van der Waals surface area contributed by atoms with Crippen LogP contribution in [0.4, 0.5) is 0 Å². The minimum atomic E-state index is 1.05. The molecule has 0 spiro atoms. The van der Waals surface area contributed by atoms with E-state index in [4.69, 9.17) is 4.98 Å². The molecule has 0 radical (unpaired) electrons. The van der Waals surface area contributed by atoms with Gasteiger partial charge in [0.2, 0.25) is 5.69 Å². The number of aryl methyl sites for hydroxylation is 3. The second-order valence-electron chi connectivity index (χ2n) is 6.61. The fraction of sp³-hybridized carbons (Fsp3) is 0.182. The average Bonchev–Trinajstić information content (AvgIpc) is 3.05. The molecule has 2 aromatic carbocycles. The highest BCUT2D eigenvalue weighted by Gasteiger charge is 2.20. The normalized spacial score (nSPS) is 11.2. The molecule has 0 fully saturated rings. The summed E-state index contributed by atoms with van der Waals surface area (Å²) >= 11 is 1.75.